The summed E-state index contributed by atoms with van der Waals surface area (Å²) in [6.07, 6.45) is 2.73. The van der Waals surface area contributed by atoms with E-state index in [2.05, 4.69) is 15.5 Å². The molecule has 2 rings (SSSR count). The lowest BCUT2D eigenvalue weighted by atomic mass is 10.2. The first-order valence-electron chi connectivity index (χ1n) is 5.04. The van der Waals surface area contributed by atoms with Gasteiger partial charge in [0.2, 0.25) is 0 Å². The van der Waals surface area contributed by atoms with E-state index in [0.717, 1.165) is 30.0 Å². The number of nitrogens with one attached hydrogen (secondary N) is 2. The van der Waals surface area contributed by atoms with Crippen molar-refractivity contribution in [3.8, 4) is 0 Å². The first-order chi connectivity index (χ1) is 7.04. The SMILES string of the molecule is CCNc1n[nH]c2c1CCC2S(C)(=O)=O. The molecule has 2 N–H and O–H groups in total. The first-order valence-corrected chi connectivity index (χ1v) is 6.99. The lowest BCUT2D eigenvalue weighted by Gasteiger charge is -2.05. The van der Waals surface area contributed by atoms with E-state index in [1.54, 1.807) is 0 Å². The van der Waals surface area contributed by atoms with E-state index in [4.69, 9.17) is 0 Å². The quantitative estimate of drug-likeness (QED) is 0.806. The summed E-state index contributed by atoms with van der Waals surface area (Å²) >= 11 is 0. The highest BCUT2D eigenvalue weighted by Gasteiger charge is 2.34. The fourth-order valence-electron chi connectivity index (χ4n) is 2.06. The molecule has 84 valence electrons. The number of aromatic nitrogens is 2. The molecule has 0 bridgehead atoms. The molecule has 15 heavy (non-hydrogen) atoms. The van der Waals surface area contributed by atoms with Crippen LogP contribution in [-0.2, 0) is 16.3 Å². The number of aromatic amines is 1. The Kier molecular flexibility index (Phi) is 2.46. The standard InChI is InChI=1S/C9H15N3O2S/c1-3-10-9-6-4-5-7(15(2,13)14)8(6)11-12-9/h7H,3-5H2,1-2H3,(H2,10,11,12). The molecule has 1 heterocycles. The molecule has 1 atom stereocenters. The molecule has 0 aliphatic heterocycles. The van der Waals surface area contributed by atoms with Crippen LogP contribution in [-0.4, -0.2) is 31.4 Å². The molecule has 0 fully saturated rings. The van der Waals surface area contributed by atoms with Gasteiger partial charge < -0.3 is 5.32 Å². The number of H-pyrrole nitrogens is 1. The summed E-state index contributed by atoms with van der Waals surface area (Å²) in [5.41, 5.74) is 1.81. The van der Waals surface area contributed by atoms with Crippen molar-refractivity contribution >= 4 is 15.7 Å². The van der Waals surface area contributed by atoms with Crippen LogP contribution in [0.4, 0.5) is 5.82 Å². The Morgan fingerprint density at radius 1 is 1.60 bits per heavy atom. The minimum absolute atomic E-state index is 0.396. The van der Waals surface area contributed by atoms with E-state index in [-0.39, 0.29) is 0 Å². The second-order valence-electron chi connectivity index (χ2n) is 3.85. The number of hydrogen-bond acceptors (Lipinski definition) is 4. The van der Waals surface area contributed by atoms with Crippen molar-refractivity contribution in [3.05, 3.63) is 11.3 Å². The van der Waals surface area contributed by atoms with Gasteiger partial charge in [-0.25, -0.2) is 8.42 Å². The van der Waals surface area contributed by atoms with Crippen LogP contribution in [0.2, 0.25) is 0 Å². The van der Waals surface area contributed by atoms with Crippen molar-refractivity contribution < 1.29 is 8.42 Å². The molecule has 0 amide bonds. The van der Waals surface area contributed by atoms with E-state index in [1.807, 2.05) is 6.92 Å². The van der Waals surface area contributed by atoms with Gasteiger partial charge in [-0.15, -0.1) is 0 Å². The largest absolute Gasteiger partial charge is 0.369 e. The topological polar surface area (TPSA) is 74.8 Å². The number of anilines is 1. The van der Waals surface area contributed by atoms with Crippen LogP contribution in [0, 0.1) is 0 Å². The Morgan fingerprint density at radius 2 is 2.33 bits per heavy atom. The fraction of sp³-hybridized carbons (Fsp3) is 0.667. The highest BCUT2D eigenvalue weighted by Crippen LogP contribution is 2.38. The summed E-state index contributed by atoms with van der Waals surface area (Å²) in [6.45, 7) is 2.78. The third kappa shape index (κ3) is 1.73. The van der Waals surface area contributed by atoms with Crippen molar-refractivity contribution in [2.75, 3.05) is 18.1 Å². The van der Waals surface area contributed by atoms with Gasteiger partial charge in [0, 0.05) is 18.4 Å². The Balaban J connectivity index is 2.37. The van der Waals surface area contributed by atoms with Gasteiger partial charge in [-0.1, -0.05) is 0 Å². The molecular formula is C9H15N3O2S. The van der Waals surface area contributed by atoms with Crippen LogP contribution in [0.25, 0.3) is 0 Å². The van der Waals surface area contributed by atoms with Crippen molar-refractivity contribution in [2.45, 2.75) is 25.0 Å². The first kappa shape index (κ1) is 10.5. The molecular weight excluding hydrogens is 214 g/mol. The number of hydrogen-bond donors (Lipinski definition) is 2. The molecule has 1 aliphatic carbocycles. The minimum atomic E-state index is -3.02. The maximum atomic E-state index is 11.5. The van der Waals surface area contributed by atoms with Crippen LogP contribution >= 0.6 is 0 Å². The molecule has 1 aromatic heterocycles. The Labute approximate surface area is 89.2 Å². The van der Waals surface area contributed by atoms with E-state index in [0.29, 0.717) is 6.42 Å². The zero-order chi connectivity index (χ0) is 11.1. The third-order valence-corrected chi connectivity index (χ3v) is 4.24. The zero-order valence-electron chi connectivity index (χ0n) is 8.87. The van der Waals surface area contributed by atoms with Crippen LogP contribution in [0.5, 0.6) is 0 Å². The molecule has 1 unspecified atom stereocenters. The van der Waals surface area contributed by atoms with Gasteiger partial charge >= 0.3 is 0 Å². The molecule has 1 aliphatic rings. The second kappa shape index (κ2) is 3.52. The van der Waals surface area contributed by atoms with Gasteiger partial charge in [0.15, 0.2) is 15.7 Å². The molecule has 6 heteroatoms. The molecule has 0 aromatic carbocycles. The normalized spacial score (nSPS) is 20.3. The second-order valence-corrected chi connectivity index (χ2v) is 6.08. The summed E-state index contributed by atoms with van der Waals surface area (Å²) < 4.78 is 23.0. The van der Waals surface area contributed by atoms with E-state index in [1.165, 1.54) is 6.26 Å². The van der Waals surface area contributed by atoms with E-state index in [9.17, 15) is 8.42 Å². The summed E-state index contributed by atoms with van der Waals surface area (Å²) in [7, 11) is -3.02. The van der Waals surface area contributed by atoms with E-state index >= 15 is 0 Å². The number of nitrogens with zero attached hydrogens (tertiary/aromatic N) is 1. The number of sulfone groups is 1. The minimum Gasteiger partial charge on any atom is -0.369 e. The summed E-state index contributed by atoms with van der Waals surface area (Å²) in [4.78, 5) is 0. The molecule has 0 saturated carbocycles. The fourth-order valence-corrected chi connectivity index (χ4v) is 3.23. The smallest absolute Gasteiger partial charge is 0.156 e. The highest BCUT2D eigenvalue weighted by molar-refractivity contribution is 7.90. The van der Waals surface area contributed by atoms with Gasteiger partial charge in [-0.2, -0.15) is 5.10 Å². The Bertz CT molecular complexity index is 464. The van der Waals surface area contributed by atoms with Crippen LogP contribution in [0.3, 0.4) is 0 Å². The monoisotopic (exact) mass is 229 g/mol. The predicted molar refractivity (Wildman–Crippen MR) is 58.7 cm³/mol. The van der Waals surface area contributed by atoms with Crippen molar-refractivity contribution in [1.29, 1.82) is 0 Å². The van der Waals surface area contributed by atoms with E-state index < -0.39 is 15.1 Å². The summed E-state index contributed by atoms with van der Waals surface area (Å²) in [6, 6.07) is 0. The molecule has 5 nitrogen and oxygen atoms in total. The average molecular weight is 229 g/mol. The maximum absolute atomic E-state index is 11.5. The Morgan fingerprint density at radius 3 is 2.93 bits per heavy atom. The summed E-state index contributed by atoms with van der Waals surface area (Å²) in [5.74, 6) is 0.804. The average Bonchev–Trinajstić information content (AvgIpc) is 2.66. The maximum Gasteiger partial charge on any atom is 0.156 e. The molecule has 0 spiro atoms. The van der Waals surface area contributed by atoms with Crippen molar-refractivity contribution in [1.82, 2.24) is 10.2 Å². The Hall–Kier alpha value is -1.04. The summed E-state index contributed by atoms with van der Waals surface area (Å²) in [5, 5.41) is 9.65. The predicted octanol–water partition coefficient (Wildman–Crippen LogP) is 0.873. The van der Waals surface area contributed by atoms with Crippen LogP contribution < -0.4 is 5.32 Å². The van der Waals surface area contributed by atoms with Gasteiger partial charge in [0.1, 0.15) is 5.25 Å². The molecule has 1 aromatic rings. The highest BCUT2D eigenvalue weighted by atomic mass is 32.2. The van der Waals surface area contributed by atoms with Gasteiger partial charge in [-0.05, 0) is 19.8 Å². The lowest BCUT2D eigenvalue weighted by molar-refractivity contribution is 0.585. The third-order valence-electron chi connectivity index (χ3n) is 2.74. The number of fused-ring (bicyclic) bond motifs is 1. The molecule has 0 radical (unpaired) electrons. The van der Waals surface area contributed by atoms with Gasteiger partial charge in [0.05, 0.1) is 5.69 Å². The van der Waals surface area contributed by atoms with Crippen LogP contribution in [0.15, 0.2) is 0 Å². The van der Waals surface area contributed by atoms with Crippen molar-refractivity contribution in [2.24, 2.45) is 0 Å². The zero-order valence-corrected chi connectivity index (χ0v) is 9.69. The molecule has 0 saturated heterocycles. The number of rotatable bonds is 3. The van der Waals surface area contributed by atoms with Crippen molar-refractivity contribution in [3.63, 3.8) is 0 Å². The van der Waals surface area contributed by atoms with Crippen LogP contribution in [0.1, 0.15) is 29.9 Å². The lowest BCUT2D eigenvalue weighted by Crippen LogP contribution is -2.08. The van der Waals surface area contributed by atoms with Gasteiger partial charge in [-0.3, -0.25) is 5.10 Å². The van der Waals surface area contributed by atoms with Gasteiger partial charge in [0.25, 0.3) is 0 Å².